The highest BCUT2D eigenvalue weighted by atomic mass is 16.6. The highest BCUT2D eigenvalue weighted by molar-refractivity contribution is 5.70. The van der Waals surface area contributed by atoms with E-state index in [1.807, 2.05) is 6.08 Å². The molecule has 0 bridgehead atoms. The van der Waals surface area contributed by atoms with Gasteiger partial charge in [-0.1, -0.05) is 267 Å². The van der Waals surface area contributed by atoms with Crippen LogP contribution in [0.15, 0.2) is 72.9 Å². The van der Waals surface area contributed by atoms with Crippen LogP contribution in [0.2, 0.25) is 0 Å². The van der Waals surface area contributed by atoms with E-state index in [1.54, 1.807) is 0 Å². The van der Waals surface area contributed by atoms with Crippen molar-refractivity contribution in [1.82, 2.24) is 0 Å². The van der Waals surface area contributed by atoms with Crippen molar-refractivity contribution in [3.63, 3.8) is 0 Å². The number of ether oxygens (including phenoxy) is 3. The summed E-state index contributed by atoms with van der Waals surface area (Å²) in [6, 6.07) is 0. The number of unbranched alkanes of at least 4 members (excludes halogenated alkanes) is 27. The summed E-state index contributed by atoms with van der Waals surface area (Å²) >= 11 is 0. The topological polar surface area (TPSA) is 61.8 Å². The predicted molar refractivity (Wildman–Crippen MR) is 279 cm³/mol. The molecule has 0 spiro atoms. The maximum Gasteiger partial charge on any atom is 0.306 e. The van der Waals surface area contributed by atoms with Crippen molar-refractivity contribution in [3.8, 4) is 0 Å². The molecule has 1 atom stereocenters. The average molecular weight is 893 g/mol. The van der Waals surface area contributed by atoms with E-state index in [0.29, 0.717) is 25.9 Å². The van der Waals surface area contributed by atoms with Gasteiger partial charge in [0, 0.05) is 19.4 Å². The van der Waals surface area contributed by atoms with Crippen LogP contribution in [0, 0.1) is 0 Å². The maximum atomic E-state index is 12.8. The first kappa shape index (κ1) is 61.3. The number of esters is 2. The van der Waals surface area contributed by atoms with E-state index in [9.17, 15) is 9.59 Å². The molecule has 0 N–H and O–H groups in total. The zero-order valence-corrected chi connectivity index (χ0v) is 42.5. The summed E-state index contributed by atoms with van der Waals surface area (Å²) in [6.45, 7) is 7.67. The van der Waals surface area contributed by atoms with Gasteiger partial charge in [-0.15, -0.1) is 0 Å². The number of hydrogen-bond acceptors (Lipinski definition) is 5. The Bertz CT molecular complexity index is 1150. The van der Waals surface area contributed by atoms with E-state index in [0.717, 1.165) is 64.2 Å². The van der Waals surface area contributed by atoms with Gasteiger partial charge < -0.3 is 14.2 Å². The molecule has 0 aliphatic rings. The zero-order valence-electron chi connectivity index (χ0n) is 42.5. The van der Waals surface area contributed by atoms with Crippen LogP contribution in [0.3, 0.4) is 0 Å². The molecule has 0 aliphatic carbocycles. The lowest BCUT2D eigenvalue weighted by Crippen LogP contribution is -2.30. The van der Waals surface area contributed by atoms with Crippen LogP contribution in [0.5, 0.6) is 0 Å². The van der Waals surface area contributed by atoms with Gasteiger partial charge in [0.15, 0.2) is 6.10 Å². The molecular formula is C59H104O5. The van der Waals surface area contributed by atoms with Gasteiger partial charge in [-0.25, -0.2) is 0 Å². The first-order valence-corrected chi connectivity index (χ1v) is 27.5. The van der Waals surface area contributed by atoms with Gasteiger partial charge in [0.25, 0.3) is 0 Å². The van der Waals surface area contributed by atoms with Crippen molar-refractivity contribution in [2.24, 2.45) is 0 Å². The molecule has 0 radical (unpaired) electrons. The number of hydrogen-bond donors (Lipinski definition) is 0. The van der Waals surface area contributed by atoms with E-state index < -0.39 is 6.10 Å². The Morgan fingerprint density at radius 1 is 0.359 bits per heavy atom. The lowest BCUT2D eigenvalue weighted by atomic mass is 10.0. The predicted octanol–water partition coefficient (Wildman–Crippen LogP) is 18.7. The van der Waals surface area contributed by atoms with Crippen molar-refractivity contribution in [2.75, 3.05) is 19.8 Å². The summed E-state index contributed by atoms with van der Waals surface area (Å²) in [5.74, 6) is -0.483. The van der Waals surface area contributed by atoms with Gasteiger partial charge in [-0.2, -0.15) is 0 Å². The Hall–Kier alpha value is -2.66. The molecule has 0 aromatic carbocycles. The summed E-state index contributed by atoms with van der Waals surface area (Å²) in [7, 11) is 0. The average Bonchev–Trinajstić information content (AvgIpc) is 3.30. The van der Waals surface area contributed by atoms with Gasteiger partial charge in [0.2, 0.25) is 0 Å². The fourth-order valence-electron chi connectivity index (χ4n) is 7.71. The Labute approximate surface area is 397 Å². The minimum atomic E-state index is -0.565. The molecule has 0 rings (SSSR count). The second kappa shape index (κ2) is 54.7. The molecule has 5 nitrogen and oxygen atoms in total. The van der Waals surface area contributed by atoms with E-state index in [-0.39, 0.29) is 25.2 Å². The number of carbonyl (C=O) groups is 2. The minimum absolute atomic E-state index is 0.0475. The van der Waals surface area contributed by atoms with Gasteiger partial charge in [-0.05, 0) is 57.8 Å². The molecule has 0 aliphatic heterocycles. The molecule has 0 heterocycles. The third-order valence-corrected chi connectivity index (χ3v) is 11.8. The normalized spacial score (nSPS) is 12.7. The van der Waals surface area contributed by atoms with Gasteiger partial charge in [0.05, 0.1) is 6.61 Å². The SMILES string of the molecule is CC/C=C\C/C=C\C/C=C\C/C=C\C/C=C\C/C=C\CCC(=O)OCC(COCCCCCCCCCCCCCCCC)OC(=O)CCCCCCCCCCCCCCCCC. The largest absolute Gasteiger partial charge is 0.462 e. The van der Waals surface area contributed by atoms with Crippen LogP contribution >= 0.6 is 0 Å². The van der Waals surface area contributed by atoms with E-state index in [4.69, 9.17) is 14.2 Å². The number of allylic oxidation sites excluding steroid dienone is 12. The fraction of sp³-hybridized carbons (Fsp3) is 0.763. The highest BCUT2D eigenvalue weighted by Crippen LogP contribution is 2.16. The number of rotatable bonds is 50. The van der Waals surface area contributed by atoms with Crippen LogP contribution < -0.4 is 0 Å². The quantitative estimate of drug-likeness (QED) is 0.0346. The molecule has 0 aromatic rings. The summed E-state index contributed by atoms with van der Waals surface area (Å²) in [4.78, 5) is 25.4. The Kier molecular flexibility index (Phi) is 52.4. The summed E-state index contributed by atoms with van der Waals surface area (Å²) in [6.07, 6.45) is 70.7. The van der Waals surface area contributed by atoms with Gasteiger partial charge >= 0.3 is 11.9 Å². The third kappa shape index (κ3) is 52.0. The lowest BCUT2D eigenvalue weighted by Gasteiger charge is -2.18. The first-order chi connectivity index (χ1) is 31.6. The van der Waals surface area contributed by atoms with E-state index >= 15 is 0 Å². The summed E-state index contributed by atoms with van der Waals surface area (Å²) < 4.78 is 17.4. The molecule has 0 saturated carbocycles. The Morgan fingerprint density at radius 2 is 0.703 bits per heavy atom. The smallest absolute Gasteiger partial charge is 0.306 e. The van der Waals surface area contributed by atoms with Crippen molar-refractivity contribution in [1.29, 1.82) is 0 Å². The third-order valence-electron chi connectivity index (χ3n) is 11.8. The molecule has 64 heavy (non-hydrogen) atoms. The first-order valence-electron chi connectivity index (χ1n) is 27.5. The van der Waals surface area contributed by atoms with Gasteiger partial charge in [-0.3, -0.25) is 9.59 Å². The Balaban J connectivity index is 4.36. The lowest BCUT2D eigenvalue weighted by molar-refractivity contribution is -0.162. The van der Waals surface area contributed by atoms with Crippen LogP contribution in [-0.2, 0) is 23.8 Å². The van der Waals surface area contributed by atoms with Crippen molar-refractivity contribution >= 4 is 11.9 Å². The molecular weight excluding hydrogens is 789 g/mol. The molecule has 0 aromatic heterocycles. The van der Waals surface area contributed by atoms with Crippen LogP contribution in [0.25, 0.3) is 0 Å². The fourth-order valence-corrected chi connectivity index (χ4v) is 7.71. The van der Waals surface area contributed by atoms with E-state index in [2.05, 4.69) is 87.6 Å². The van der Waals surface area contributed by atoms with Crippen LogP contribution in [0.1, 0.15) is 265 Å². The van der Waals surface area contributed by atoms with Crippen LogP contribution in [0.4, 0.5) is 0 Å². The summed E-state index contributed by atoms with van der Waals surface area (Å²) in [5, 5.41) is 0. The maximum absolute atomic E-state index is 12.8. The molecule has 0 fully saturated rings. The molecule has 0 saturated heterocycles. The van der Waals surface area contributed by atoms with Crippen molar-refractivity contribution in [3.05, 3.63) is 72.9 Å². The van der Waals surface area contributed by atoms with Crippen molar-refractivity contribution in [2.45, 2.75) is 271 Å². The highest BCUT2D eigenvalue weighted by Gasteiger charge is 2.17. The molecule has 370 valence electrons. The van der Waals surface area contributed by atoms with Crippen molar-refractivity contribution < 1.29 is 23.8 Å². The molecule has 0 amide bonds. The zero-order chi connectivity index (χ0) is 46.3. The summed E-state index contributed by atoms with van der Waals surface area (Å²) in [5.41, 5.74) is 0. The second-order valence-electron chi connectivity index (χ2n) is 18.1. The monoisotopic (exact) mass is 893 g/mol. The molecule has 5 heteroatoms. The van der Waals surface area contributed by atoms with Gasteiger partial charge in [0.1, 0.15) is 6.61 Å². The second-order valence-corrected chi connectivity index (χ2v) is 18.1. The Morgan fingerprint density at radius 3 is 1.09 bits per heavy atom. The number of carbonyl (C=O) groups excluding carboxylic acids is 2. The molecule has 1 unspecified atom stereocenters. The van der Waals surface area contributed by atoms with Crippen LogP contribution in [-0.4, -0.2) is 37.9 Å². The standard InChI is InChI=1S/C59H104O5/c1-4-7-10-13-16-19-22-25-28-29-30-31-33-34-37-40-43-46-49-52-58(60)63-56-57(55-62-54-51-48-45-42-39-36-27-24-21-18-15-12-9-6-3)64-59(61)53-50-47-44-41-38-35-32-26-23-20-17-14-11-8-5-2/h7,10,16,19,25,28,30-31,34,37,43,46,57H,4-6,8-9,11-15,17-18,20-24,26-27,29,32-33,35-36,38-42,44-45,47-56H2,1-3H3/b10-7-,19-16-,28-25-,31-30-,37-34-,46-43-. The van der Waals surface area contributed by atoms with E-state index in [1.165, 1.54) is 161 Å². The minimum Gasteiger partial charge on any atom is -0.462 e.